The fourth-order valence-corrected chi connectivity index (χ4v) is 5.22. The molecule has 37 heavy (non-hydrogen) atoms. The monoisotopic (exact) mass is 514 g/mol. The fourth-order valence-electron chi connectivity index (χ4n) is 5.22. The molecule has 0 unspecified atom stereocenters. The standard InChI is InChI=1S/C27H42N6O4/c1-37-24(34)18-30-22(16-19-8-4-2-5-9-19)25(35)32-23(17-20-10-6-3-7-11-20)26(36)31-21-12-14-33(15-13-21)27(28)29/h3,6-7,10-11,19,21-23,30H,2,4-5,8-9,12-18H2,1H3,(H3,28,29)(H,31,36)(H,32,35)/t22-,23+/m1/s1. The Kier molecular flexibility index (Phi) is 11.2. The molecule has 1 aliphatic heterocycles. The van der Waals surface area contributed by atoms with Crippen LogP contribution in [0.5, 0.6) is 0 Å². The molecule has 0 spiro atoms. The topological polar surface area (TPSA) is 150 Å². The smallest absolute Gasteiger partial charge is 0.319 e. The molecule has 2 aliphatic rings. The molecule has 10 nitrogen and oxygen atoms in total. The van der Waals surface area contributed by atoms with Crippen LogP contribution in [0.15, 0.2) is 30.3 Å². The van der Waals surface area contributed by atoms with Gasteiger partial charge in [-0.1, -0.05) is 62.4 Å². The fraction of sp³-hybridized carbons (Fsp3) is 0.630. The molecule has 1 saturated heterocycles. The number of esters is 1. The average Bonchev–Trinajstić information content (AvgIpc) is 2.91. The van der Waals surface area contributed by atoms with Crippen molar-refractivity contribution in [2.75, 3.05) is 26.7 Å². The molecule has 204 valence electrons. The lowest BCUT2D eigenvalue weighted by molar-refractivity contribution is -0.140. The van der Waals surface area contributed by atoms with Gasteiger partial charge in [0.2, 0.25) is 11.8 Å². The molecule has 2 amide bonds. The molecule has 2 fully saturated rings. The summed E-state index contributed by atoms with van der Waals surface area (Å²) < 4.78 is 4.75. The Morgan fingerprint density at radius 1 is 1.03 bits per heavy atom. The Bertz CT molecular complexity index is 897. The van der Waals surface area contributed by atoms with Gasteiger partial charge in [0.05, 0.1) is 19.7 Å². The van der Waals surface area contributed by atoms with Gasteiger partial charge in [-0.3, -0.25) is 25.1 Å². The van der Waals surface area contributed by atoms with Crippen LogP contribution < -0.4 is 21.7 Å². The summed E-state index contributed by atoms with van der Waals surface area (Å²) in [6.07, 6.45) is 7.99. The Hall–Kier alpha value is -3.14. The lowest BCUT2D eigenvalue weighted by Crippen LogP contribution is -2.57. The molecule has 2 atom stereocenters. The quantitative estimate of drug-likeness (QED) is 0.170. The number of piperidine rings is 1. The third-order valence-corrected chi connectivity index (χ3v) is 7.43. The van der Waals surface area contributed by atoms with Crippen molar-refractivity contribution < 1.29 is 19.1 Å². The van der Waals surface area contributed by atoms with Crippen molar-refractivity contribution in [1.29, 1.82) is 5.41 Å². The van der Waals surface area contributed by atoms with E-state index in [0.29, 0.717) is 44.7 Å². The molecular formula is C27H42N6O4. The van der Waals surface area contributed by atoms with Crippen molar-refractivity contribution >= 4 is 23.7 Å². The summed E-state index contributed by atoms with van der Waals surface area (Å²) in [7, 11) is 1.32. The highest BCUT2D eigenvalue weighted by Gasteiger charge is 2.30. The Balaban J connectivity index is 1.68. The zero-order chi connectivity index (χ0) is 26.6. The number of hydrogen-bond acceptors (Lipinski definition) is 6. The third kappa shape index (κ3) is 9.35. The highest BCUT2D eigenvalue weighted by atomic mass is 16.5. The number of hydrogen-bond donors (Lipinski definition) is 5. The second-order valence-electron chi connectivity index (χ2n) is 10.2. The van der Waals surface area contributed by atoms with E-state index in [1.54, 1.807) is 4.90 Å². The Morgan fingerprint density at radius 2 is 1.70 bits per heavy atom. The number of ether oxygens (including phenoxy) is 1. The first-order chi connectivity index (χ1) is 17.9. The van der Waals surface area contributed by atoms with Gasteiger partial charge in [-0.15, -0.1) is 0 Å². The van der Waals surface area contributed by atoms with Gasteiger partial charge in [-0.25, -0.2) is 0 Å². The maximum atomic E-state index is 13.5. The van der Waals surface area contributed by atoms with E-state index in [0.717, 1.165) is 31.2 Å². The van der Waals surface area contributed by atoms with Gasteiger partial charge in [0.1, 0.15) is 6.04 Å². The van der Waals surface area contributed by atoms with Crippen LogP contribution in [0.3, 0.4) is 0 Å². The summed E-state index contributed by atoms with van der Waals surface area (Å²) in [5.41, 5.74) is 6.53. The highest BCUT2D eigenvalue weighted by Crippen LogP contribution is 2.27. The number of amides is 2. The molecule has 0 bridgehead atoms. The average molecular weight is 515 g/mol. The SMILES string of the molecule is COC(=O)CN[C@H](CC1CCCCC1)C(=O)N[C@@H](Cc1ccccc1)C(=O)NC1CCN(C(=N)N)CC1. The van der Waals surface area contributed by atoms with Crippen LogP contribution in [0.4, 0.5) is 0 Å². The molecule has 1 aromatic carbocycles. The summed E-state index contributed by atoms with van der Waals surface area (Å²) >= 11 is 0. The maximum absolute atomic E-state index is 13.5. The lowest BCUT2D eigenvalue weighted by Gasteiger charge is -2.33. The van der Waals surface area contributed by atoms with Gasteiger partial charge in [0.25, 0.3) is 0 Å². The number of benzene rings is 1. The van der Waals surface area contributed by atoms with Crippen molar-refractivity contribution in [2.45, 2.75) is 75.9 Å². The number of guanidine groups is 1. The minimum Gasteiger partial charge on any atom is -0.468 e. The second kappa shape index (κ2) is 14.6. The number of nitrogens with two attached hydrogens (primary N) is 1. The largest absolute Gasteiger partial charge is 0.468 e. The predicted molar refractivity (Wildman–Crippen MR) is 142 cm³/mol. The van der Waals surface area contributed by atoms with E-state index in [1.807, 2.05) is 30.3 Å². The molecule has 3 rings (SSSR count). The van der Waals surface area contributed by atoms with Crippen molar-refractivity contribution in [3.8, 4) is 0 Å². The molecule has 6 N–H and O–H groups in total. The van der Waals surface area contributed by atoms with Crippen LogP contribution in [0.1, 0.15) is 56.9 Å². The van der Waals surface area contributed by atoms with E-state index < -0.39 is 18.1 Å². The van der Waals surface area contributed by atoms with Crippen LogP contribution in [-0.2, 0) is 25.5 Å². The second-order valence-corrected chi connectivity index (χ2v) is 10.2. The van der Waals surface area contributed by atoms with Gasteiger partial charge in [0, 0.05) is 25.6 Å². The normalized spacial score (nSPS) is 18.5. The van der Waals surface area contributed by atoms with E-state index in [4.69, 9.17) is 15.9 Å². The van der Waals surface area contributed by atoms with Gasteiger partial charge in [0.15, 0.2) is 5.96 Å². The van der Waals surface area contributed by atoms with Crippen molar-refractivity contribution in [2.24, 2.45) is 11.7 Å². The van der Waals surface area contributed by atoms with E-state index >= 15 is 0 Å². The Morgan fingerprint density at radius 3 is 2.32 bits per heavy atom. The molecule has 0 aromatic heterocycles. The minimum atomic E-state index is -0.755. The first-order valence-electron chi connectivity index (χ1n) is 13.4. The molecule has 1 aliphatic carbocycles. The Labute approximate surface area is 219 Å². The van der Waals surface area contributed by atoms with Gasteiger partial charge in [-0.2, -0.15) is 0 Å². The number of methoxy groups -OCH3 is 1. The summed E-state index contributed by atoms with van der Waals surface area (Å²) in [4.78, 5) is 40.4. The predicted octanol–water partition coefficient (Wildman–Crippen LogP) is 1.29. The summed E-state index contributed by atoms with van der Waals surface area (Å²) in [6, 6.07) is 8.22. The van der Waals surface area contributed by atoms with Crippen molar-refractivity contribution in [3.63, 3.8) is 0 Å². The van der Waals surface area contributed by atoms with Crippen LogP contribution in [0.2, 0.25) is 0 Å². The van der Waals surface area contributed by atoms with Crippen molar-refractivity contribution in [3.05, 3.63) is 35.9 Å². The van der Waals surface area contributed by atoms with Gasteiger partial charge >= 0.3 is 5.97 Å². The number of carbonyl (C=O) groups is 3. The van der Waals surface area contributed by atoms with Crippen LogP contribution in [0.25, 0.3) is 0 Å². The summed E-state index contributed by atoms with van der Waals surface area (Å²) in [5.74, 6) is -0.498. The van der Waals surface area contributed by atoms with Crippen molar-refractivity contribution in [1.82, 2.24) is 20.9 Å². The van der Waals surface area contributed by atoms with E-state index in [1.165, 1.54) is 13.5 Å². The third-order valence-electron chi connectivity index (χ3n) is 7.43. The number of carbonyl (C=O) groups excluding carboxylic acids is 3. The van der Waals surface area contributed by atoms with Gasteiger partial charge in [-0.05, 0) is 30.7 Å². The van der Waals surface area contributed by atoms with Gasteiger partial charge < -0.3 is 26.0 Å². The highest BCUT2D eigenvalue weighted by molar-refractivity contribution is 5.90. The van der Waals surface area contributed by atoms with E-state index in [2.05, 4.69) is 16.0 Å². The molecule has 1 saturated carbocycles. The molecule has 1 heterocycles. The molecule has 10 heteroatoms. The first-order valence-corrected chi connectivity index (χ1v) is 13.4. The number of nitrogens with zero attached hydrogens (tertiary/aromatic N) is 1. The molecule has 0 radical (unpaired) electrons. The van der Waals surface area contributed by atoms with Crippen LogP contribution >= 0.6 is 0 Å². The van der Waals surface area contributed by atoms with Crippen LogP contribution in [-0.4, -0.2) is 73.5 Å². The molecular weight excluding hydrogens is 472 g/mol. The lowest BCUT2D eigenvalue weighted by atomic mass is 9.84. The summed E-state index contributed by atoms with van der Waals surface area (Å²) in [6.45, 7) is 1.15. The number of likely N-dealkylation sites (tertiary alicyclic amines) is 1. The first kappa shape index (κ1) is 28.4. The van der Waals surface area contributed by atoms with Crippen LogP contribution in [0, 0.1) is 11.3 Å². The molecule has 1 aromatic rings. The van der Waals surface area contributed by atoms with E-state index in [-0.39, 0.29) is 30.4 Å². The summed E-state index contributed by atoms with van der Waals surface area (Å²) in [5, 5.41) is 16.8. The zero-order valence-electron chi connectivity index (χ0n) is 21.8. The number of nitrogens with one attached hydrogen (secondary N) is 4. The zero-order valence-corrected chi connectivity index (χ0v) is 21.8. The minimum absolute atomic E-state index is 0.0439. The maximum Gasteiger partial charge on any atom is 0.319 e. The number of rotatable bonds is 11. The van der Waals surface area contributed by atoms with E-state index in [9.17, 15) is 14.4 Å².